The van der Waals surface area contributed by atoms with Crippen LogP contribution < -0.4 is 5.32 Å². The molecule has 1 aromatic carbocycles. The number of nitrogens with one attached hydrogen (secondary N) is 2. The lowest BCUT2D eigenvalue weighted by Gasteiger charge is -2.08. The van der Waals surface area contributed by atoms with Crippen LogP contribution in [0.3, 0.4) is 0 Å². The minimum absolute atomic E-state index is 0.821. The summed E-state index contributed by atoms with van der Waals surface area (Å²) >= 11 is 0. The van der Waals surface area contributed by atoms with Crippen LogP contribution in [0.5, 0.6) is 0 Å². The molecule has 0 aliphatic carbocycles. The van der Waals surface area contributed by atoms with Gasteiger partial charge in [-0.15, -0.1) is 0 Å². The van der Waals surface area contributed by atoms with Gasteiger partial charge in [0.1, 0.15) is 5.82 Å². The summed E-state index contributed by atoms with van der Waals surface area (Å²) in [6.45, 7) is 0. The Bertz CT molecular complexity index is 890. The lowest BCUT2D eigenvalue weighted by atomic mass is 10.2. The Morgan fingerprint density at radius 2 is 1.90 bits per heavy atom. The van der Waals surface area contributed by atoms with Crippen LogP contribution in [0.2, 0.25) is 0 Å². The van der Waals surface area contributed by atoms with E-state index < -0.39 is 0 Å². The fourth-order valence-electron chi connectivity index (χ4n) is 2.37. The molecular formula is C16H12N4. The van der Waals surface area contributed by atoms with E-state index in [1.807, 2.05) is 30.6 Å². The van der Waals surface area contributed by atoms with Crippen LogP contribution in [-0.2, 0) is 0 Å². The van der Waals surface area contributed by atoms with E-state index in [1.54, 1.807) is 12.4 Å². The molecule has 4 aromatic rings. The van der Waals surface area contributed by atoms with Crippen molar-refractivity contribution < 1.29 is 0 Å². The second kappa shape index (κ2) is 4.35. The zero-order chi connectivity index (χ0) is 13.4. The standard InChI is InChI=1S/C16H12N4/c1-2-13(9-15-12(1)5-7-18-15)20-16-14-10-17-6-3-11(14)4-8-19-16/h1-10,18H,(H,19,20). The first-order valence-corrected chi connectivity index (χ1v) is 6.43. The summed E-state index contributed by atoms with van der Waals surface area (Å²) < 4.78 is 0. The molecular weight excluding hydrogens is 248 g/mol. The molecule has 3 aromatic heterocycles. The van der Waals surface area contributed by atoms with Crippen molar-refractivity contribution in [3.63, 3.8) is 0 Å². The summed E-state index contributed by atoms with van der Waals surface area (Å²) in [5.41, 5.74) is 2.11. The quantitative estimate of drug-likeness (QED) is 0.575. The fraction of sp³-hybridized carbons (Fsp3) is 0. The largest absolute Gasteiger partial charge is 0.361 e. The van der Waals surface area contributed by atoms with Crippen LogP contribution in [-0.4, -0.2) is 15.0 Å². The third-order valence-electron chi connectivity index (χ3n) is 3.39. The van der Waals surface area contributed by atoms with Gasteiger partial charge in [0.15, 0.2) is 0 Å². The molecule has 4 rings (SSSR count). The number of H-pyrrole nitrogens is 1. The first-order valence-electron chi connectivity index (χ1n) is 6.43. The van der Waals surface area contributed by atoms with Crippen molar-refractivity contribution in [2.24, 2.45) is 0 Å². The van der Waals surface area contributed by atoms with Gasteiger partial charge in [-0.1, -0.05) is 6.07 Å². The van der Waals surface area contributed by atoms with E-state index in [1.165, 1.54) is 5.39 Å². The number of benzene rings is 1. The van der Waals surface area contributed by atoms with Gasteiger partial charge in [0.05, 0.1) is 0 Å². The van der Waals surface area contributed by atoms with E-state index in [2.05, 4.69) is 38.5 Å². The maximum atomic E-state index is 4.41. The number of fused-ring (bicyclic) bond motifs is 2. The second-order valence-corrected chi connectivity index (χ2v) is 4.66. The van der Waals surface area contributed by atoms with Crippen LogP contribution in [0, 0.1) is 0 Å². The van der Waals surface area contributed by atoms with Gasteiger partial charge in [-0.3, -0.25) is 4.98 Å². The maximum Gasteiger partial charge on any atom is 0.139 e. The van der Waals surface area contributed by atoms with E-state index in [-0.39, 0.29) is 0 Å². The molecule has 0 aliphatic rings. The van der Waals surface area contributed by atoms with Crippen LogP contribution in [0.25, 0.3) is 21.7 Å². The van der Waals surface area contributed by atoms with Gasteiger partial charge in [-0.05, 0) is 41.1 Å². The molecule has 4 nitrogen and oxygen atoms in total. The van der Waals surface area contributed by atoms with Crippen LogP contribution in [0.1, 0.15) is 0 Å². The van der Waals surface area contributed by atoms with E-state index in [0.717, 1.165) is 27.8 Å². The second-order valence-electron chi connectivity index (χ2n) is 4.66. The van der Waals surface area contributed by atoms with E-state index >= 15 is 0 Å². The Morgan fingerprint density at radius 3 is 2.90 bits per heavy atom. The summed E-state index contributed by atoms with van der Waals surface area (Å²) in [5.74, 6) is 0.821. The number of hydrogen-bond donors (Lipinski definition) is 2. The zero-order valence-corrected chi connectivity index (χ0v) is 10.7. The lowest BCUT2D eigenvalue weighted by Crippen LogP contribution is -1.94. The van der Waals surface area contributed by atoms with Gasteiger partial charge in [-0.25, -0.2) is 4.98 Å². The molecule has 0 fully saturated rings. The number of aromatic nitrogens is 3. The number of aromatic amines is 1. The maximum absolute atomic E-state index is 4.41. The minimum atomic E-state index is 0.821. The van der Waals surface area contributed by atoms with E-state index in [9.17, 15) is 0 Å². The Balaban J connectivity index is 1.80. The highest BCUT2D eigenvalue weighted by Crippen LogP contribution is 2.25. The summed E-state index contributed by atoms with van der Waals surface area (Å²) in [4.78, 5) is 11.8. The Kier molecular flexibility index (Phi) is 2.39. The van der Waals surface area contributed by atoms with Crippen LogP contribution >= 0.6 is 0 Å². The van der Waals surface area contributed by atoms with Gasteiger partial charge in [-0.2, -0.15) is 0 Å². The molecule has 0 unspecified atom stereocenters. The average Bonchev–Trinajstić information content (AvgIpc) is 2.95. The highest BCUT2D eigenvalue weighted by molar-refractivity contribution is 5.93. The van der Waals surface area contributed by atoms with Crippen molar-refractivity contribution in [2.75, 3.05) is 5.32 Å². The first kappa shape index (κ1) is 11.0. The zero-order valence-electron chi connectivity index (χ0n) is 10.7. The monoisotopic (exact) mass is 260 g/mol. The van der Waals surface area contributed by atoms with Crippen LogP contribution in [0.4, 0.5) is 11.5 Å². The third-order valence-corrected chi connectivity index (χ3v) is 3.39. The van der Waals surface area contributed by atoms with Crippen molar-refractivity contribution >= 4 is 33.2 Å². The van der Waals surface area contributed by atoms with Gasteiger partial charge in [0.25, 0.3) is 0 Å². The smallest absolute Gasteiger partial charge is 0.139 e. The topological polar surface area (TPSA) is 53.6 Å². The molecule has 0 spiro atoms. The fourth-order valence-corrected chi connectivity index (χ4v) is 2.37. The molecule has 4 heteroatoms. The first-order chi connectivity index (χ1) is 9.90. The van der Waals surface area contributed by atoms with E-state index in [4.69, 9.17) is 0 Å². The van der Waals surface area contributed by atoms with Crippen LogP contribution in [0.15, 0.2) is 61.2 Å². The molecule has 3 heterocycles. The van der Waals surface area contributed by atoms with Crippen molar-refractivity contribution in [1.82, 2.24) is 15.0 Å². The van der Waals surface area contributed by atoms with E-state index in [0.29, 0.717) is 0 Å². The predicted octanol–water partition coefficient (Wildman–Crippen LogP) is 3.85. The van der Waals surface area contributed by atoms with Crippen molar-refractivity contribution in [3.05, 3.63) is 61.2 Å². The average molecular weight is 260 g/mol. The van der Waals surface area contributed by atoms with Gasteiger partial charge in [0, 0.05) is 41.4 Å². The number of anilines is 2. The van der Waals surface area contributed by atoms with Crippen molar-refractivity contribution in [3.8, 4) is 0 Å². The number of nitrogens with zero attached hydrogens (tertiary/aromatic N) is 2. The Hall–Kier alpha value is -2.88. The van der Waals surface area contributed by atoms with Gasteiger partial charge in [0.2, 0.25) is 0 Å². The lowest BCUT2D eigenvalue weighted by molar-refractivity contribution is 1.31. The predicted molar refractivity (Wildman–Crippen MR) is 81.1 cm³/mol. The minimum Gasteiger partial charge on any atom is -0.361 e. The summed E-state index contributed by atoms with van der Waals surface area (Å²) in [7, 11) is 0. The van der Waals surface area contributed by atoms with Crippen molar-refractivity contribution in [1.29, 1.82) is 0 Å². The van der Waals surface area contributed by atoms with Gasteiger partial charge < -0.3 is 10.3 Å². The number of rotatable bonds is 2. The molecule has 0 saturated carbocycles. The molecule has 0 atom stereocenters. The summed E-state index contributed by atoms with van der Waals surface area (Å²) in [6.07, 6.45) is 7.36. The van der Waals surface area contributed by atoms with Gasteiger partial charge >= 0.3 is 0 Å². The number of pyridine rings is 2. The van der Waals surface area contributed by atoms with Crippen molar-refractivity contribution in [2.45, 2.75) is 0 Å². The molecule has 0 radical (unpaired) electrons. The molecule has 0 aliphatic heterocycles. The SMILES string of the molecule is c1cc2ccnc(Nc3ccc4cc[nH]c4c3)c2cn1. The molecule has 0 saturated heterocycles. The number of hydrogen-bond acceptors (Lipinski definition) is 3. The highest BCUT2D eigenvalue weighted by atomic mass is 15.0. The molecule has 20 heavy (non-hydrogen) atoms. The highest BCUT2D eigenvalue weighted by Gasteiger charge is 2.03. The third kappa shape index (κ3) is 1.78. The molecule has 2 N–H and O–H groups in total. The Labute approximate surface area is 115 Å². The molecule has 96 valence electrons. The molecule has 0 bridgehead atoms. The Morgan fingerprint density at radius 1 is 0.950 bits per heavy atom. The summed E-state index contributed by atoms with van der Waals surface area (Å²) in [6, 6.07) is 12.2. The molecule has 0 amide bonds. The summed E-state index contributed by atoms with van der Waals surface area (Å²) in [5, 5.41) is 6.69. The normalized spacial score (nSPS) is 11.0.